The number of hydrogen-bond acceptors (Lipinski definition) is 1. The number of Topliss-reactive ketones (excluding diaryl/α,β-unsaturated/α-hetero) is 1. The normalized spacial score (nSPS) is 15.3. The third-order valence-corrected chi connectivity index (χ3v) is 2.72. The van der Waals surface area contributed by atoms with Gasteiger partial charge in [-0.2, -0.15) is 0 Å². The molecule has 0 saturated heterocycles. The van der Waals surface area contributed by atoms with Crippen molar-refractivity contribution in [2.75, 3.05) is 0 Å². The van der Waals surface area contributed by atoms with E-state index in [0.29, 0.717) is 0 Å². The number of ketones is 1. The van der Waals surface area contributed by atoms with Crippen LogP contribution in [0.3, 0.4) is 0 Å². The second-order valence-electron chi connectivity index (χ2n) is 3.94. The van der Waals surface area contributed by atoms with Crippen LogP contribution in [-0.2, 0) is 11.2 Å². The lowest BCUT2D eigenvalue weighted by atomic mass is 10.0. The molecule has 1 saturated carbocycles. The second kappa shape index (κ2) is 4.09. The topological polar surface area (TPSA) is 17.1 Å². The van der Waals surface area contributed by atoms with E-state index in [1.54, 1.807) is 0 Å². The molecule has 2 rings (SSSR count). The summed E-state index contributed by atoms with van der Waals surface area (Å²) in [6.45, 7) is 0. The zero-order valence-electron chi connectivity index (χ0n) is 8.30. The van der Waals surface area contributed by atoms with Gasteiger partial charge >= 0.3 is 0 Å². The highest BCUT2D eigenvalue weighted by molar-refractivity contribution is 5.83. The van der Waals surface area contributed by atoms with Crippen molar-refractivity contribution >= 4 is 5.78 Å². The Balaban J connectivity index is 2.00. The minimum atomic E-state index is -0.557. The third kappa shape index (κ3) is 2.41. The summed E-state index contributed by atoms with van der Waals surface area (Å²) in [5, 5.41) is 0. The van der Waals surface area contributed by atoms with Gasteiger partial charge in [0.05, 0.1) is 0 Å². The molecular formula is C12H12F2O. The van der Waals surface area contributed by atoms with Gasteiger partial charge in [0.2, 0.25) is 0 Å². The fourth-order valence-electron chi connectivity index (χ4n) is 1.63. The van der Waals surface area contributed by atoms with Crippen molar-refractivity contribution in [1.29, 1.82) is 0 Å². The molecule has 0 aliphatic heterocycles. The maximum absolute atomic E-state index is 13.2. The number of hydrogen-bond donors (Lipinski definition) is 0. The Kier molecular flexibility index (Phi) is 2.80. The highest BCUT2D eigenvalue weighted by atomic mass is 19.1. The van der Waals surface area contributed by atoms with Crippen LogP contribution in [0.25, 0.3) is 0 Å². The average Bonchev–Trinajstić information content (AvgIpc) is 2.99. The summed E-state index contributed by atoms with van der Waals surface area (Å²) >= 11 is 0. The molecule has 0 radical (unpaired) electrons. The van der Waals surface area contributed by atoms with Crippen molar-refractivity contribution < 1.29 is 13.6 Å². The predicted octanol–water partition coefficient (Wildman–Crippen LogP) is 2.88. The second-order valence-corrected chi connectivity index (χ2v) is 3.94. The zero-order valence-corrected chi connectivity index (χ0v) is 8.30. The molecular weight excluding hydrogens is 198 g/mol. The Morgan fingerprint density at radius 1 is 1.27 bits per heavy atom. The summed E-state index contributed by atoms with van der Waals surface area (Å²) in [5.74, 6) is -0.810. The van der Waals surface area contributed by atoms with Crippen LogP contribution < -0.4 is 0 Å². The molecule has 80 valence electrons. The van der Waals surface area contributed by atoms with Gasteiger partial charge < -0.3 is 0 Å². The lowest BCUT2D eigenvalue weighted by Gasteiger charge is -2.03. The summed E-state index contributed by atoms with van der Waals surface area (Å²) in [6.07, 6.45) is 2.31. The molecule has 0 atom stereocenters. The van der Waals surface area contributed by atoms with Crippen molar-refractivity contribution in [3.63, 3.8) is 0 Å². The van der Waals surface area contributed by atoms with Gasteiger partial charge in [0.1, 0.15) is 17.4 Å². The van der Waals surface area contributed by atoms with Gasteiger partial charge in [0.25, 0.3) is 0 Å². The SMILES string of the molecule is O=C(CCc1c(F)cccc1F)C1CC1. The van der Waals surface area contributed by atoms with Gasteiger partial charge in [-0.1, -0.05) is 6.07 Å². The smallest absolute Gasteiger partial charge is 0.136 e. The summed E-state index contributed by atoms with van der Waals surface area (Å²) in [6, 6.07) is 3.77. The molecule has 1 aliphatic carbocycles. The number of carbonyl (C=O) groups excluding carboxylic acids is 1. The molecule has 1 fully saturated rings. The summed E-state index contributed by atoms with van der Waals surface area (Å²) in [7, 11) is 0. The number of carbonyl (C=O) groups is 1. The van der Waals surface area contributed by atoms with E-state index < -0.39 is 11.6 Å². The van der Waals surface area contributed by atoms with Crippen LogP contribution in [0.1, 0.15) is 24.8 Å². The molecule has 0 aromatic heterocycles. The van der Waals surface area contributed by atoms with Gasteiger partial charge in [0.15, 0.2) is 0 Å². The molecule has 0 spiro atoms. The minimum Gasteiger partial charge on any atom is -0.299 e. The number of benzene rings is 1. The number of halogens is 2. The van der Waals surface area contributed by atoms with Crippen molar-refractivity contribution in [3.8, 4) is 0 Å². The molecule has 1 aromatic rings. The molecule has 3 heteroatoms. The Hall–Kier alpha value is -1.25. The first-order valence-corrected chi connectivity index (χ1v) is 5.14. The Morgan fingerprint density at radius 2 is 1.87 bits per heavy atom. The van der Waals surface area contributed by atoms with Gasteiger partial charge in [-0.15, -0.1) is 0 Å². The van der Waals surface area contributed by atoms with Crippen molar-refractivity contribution in [2.45, 2.75) is 25.7 Å². The van der Waals surface area contributed by atoms with Gasteiger partial charge in [-0.05, 0) is 31.4 Å². The summed E-state index contributed by atoms with van der Waals surface area (Å²) in [5.41, 5.74) is 0.0338. The quantitative estimate of drug-likeness (QED) is 0.746. The first-order chi connectivity index (χ1) is 7.18. The third-order valence-electron chi connectivity index (χ3n) is 2.72. The molecule has 0 amide bonds. The van der Waals surface area contributed by atoms with E-state index in [2.05, 4.69) is 0 Å². The van der Waals surface area contributed by atoms with Crippen LogP contribution >= 0.6 is 0 Å². The van der Waals surface area contributed by atoms with Gasteiger partial charge in [-0.3, -0.25) is 4.79 Å². The van der Waals surface area contributed by atoms with Gasteiger partial charge in [0, 0.05) is 17.9 Å². The maximum atomic E-state index is 13.2. The standard InChI is InChI=1S/C12H12F2O/c13-10-2-1-3-11(14)9(10)6-7-12(15)8-4-5-8/h1-3,8H,4-7H2. The van der Waals surface area contributed by atoms with Gasteiger partial charge in [-0.25, -0.2) is 8.78 Å². The van der Waals surface area contributed by atoms with E-state index in [4.69, 9.17) is 0 Å². The fourth-order valence-corrected chi connectivity index (χ4v) is 1.63. The molecule has 0 unspecified atom stereocenters. The molecule has 15 heavy (non-hydrogen) atoms. The predicted molar refractivity (Wildman–Crippen MR) is 52.4 cm³/mol. The van der Waals surface area contributed by atoms with E-state index >= 15 is 0 Å². The van der Waals surface area contributed by atoms with Crippen LogP contribution in [0.2, 0.25) is 0 Å². The average molecular weight is 210 g/mol. The highest BCUT2D eigenvalue weighted by Gasteiger charge is 2.29. The fraction of sp³-hybridized carbons (Fsp3) is 0.417. The Bertz CT molecular complexity index is 363. The number of rotatable bonds is 4. The molecule has 1 aliphatic rings. The van der Waals surface area contributed by atoms with Crippen molar-refractivity contribution in [3.05, 3.63) is 35.4 Å². The van der Waals surface area contributed by atoms with E-state index in [1.165, 1.54) is 18.2 Å². The maximum Gasteiger partial charge on any atom is 0.136 e. The first-order valence-electron chi connectivity index (χ1n) is 5.14. The molecule has 0 heterocycles. The van der Waals surface area contributed by atoms with E-state index in [1.807, 2.05) is 0 Å². The van der Waals surface area contributed by atoms with Crippen LogP contribution in [0.5, 0.6) is 0 Å². The summed E-state index contributed by atoms with van der Waals surface area (Å²) < 4.78 is 26.3. The van der Waals surface area contributed by atoms with Crippen molar-refractivity contribution in [2.24, 2.45) is 5.92 Å². The highest BCUT2D eigenvalue weighted by Crippen LogP contribution is 2.31. The molecule has 1 nitrogen and oxygen atoms in total. The Labute approximate surface area is 87.1 Å². The zero-order chi connectivity index (χ0) is 10.8. The monoisotopic (exact) mass is 210 g/mol. The van der Waals surface area contributed by atoms with Crippen LogP contribution in [-0.4, -0.2) is 5.78 Å². The van der Waals surface area contributed by atoms with Crippen molar-refractivity contribution in [1.82, 2.24) is 0 Å². The molecule has 0 bridgehead atoms. The minimum absolute atomic E-state index is 0.0338. The van der Waals surface area contributed by atoms with Crippen LogP contribution in [0, 0.1) is 17.6 Å². The first kappa shape index (κ1) is 10.3. The van der Waals surface area contributed by atoms with E-state index in [-0.39, 0.29) is 30.1 Å². The van der Waals surface area contributed by atoms with E-state index in [0.717, 1.165) is 12.8 Å². The summed E-state index contributed by atoms with van der Waals surface area (Å²) in [4.78, 5) is 11.4. The molecule has 0 N–H and O–H groups in total. The molecule has 1 aromatic carbocycles. The van der Waals surface area contributed by atoms with Crippen LogP contribution in [0.4, 0.5) is 8.78 Å². The Morgan fingerprint density at radius 3 is 2.40 bits per heavy atom. The van der Waals surface area contributed by atoms with E-state index in [9.17, 15) is 13.6 Å². The lowest BCUT2D eigenvalue weighted by Crippen LogP contribution is -2.04. The largest absolute Gasteiger partial charge is 0.299 e. The van der Waals surface area contributed by atoms with Crippen LogP contribution in [0.15, 0.2) is 18.2 Å². The lowest BCUT2D eigenvalue weighted by molar-refractivity contribution is -0.120.